The molecule has 9 nitrogen and oxygen atoms in total. The van der Waals surface area contributed by atoms with E-state index in [2.05, 4.69) is 25.5 Å². The van der Waals surface area contributed by atoms with Crippen molar-refractivity contribution in [3.8, 4) is 0 Å². The van der Waals surface area contributed by atoms with E-state index in [9.17, 15) is 9.59 Å². The SMILES string of the molecule is NC(=O)c1cnc(Nc2ccc(N3CCC(C(N)=O)CC3)cc2)nc1NC1CC1. The Bertz CT molecular complexity index is 904. The Labute approximate surface area is 168 Å². The van der Waals surface area contributed by atoms with Crippen molar-refractivity contribution in [2.45, 2.75) is 31.7 Å². The minimum Gasteiger partial charge on any atom is -0.371 e. The first-order chi connectivity index (χ1) is 14.0. The number of benzene rings is 1. The lowest BCUT2D eigenvalue weighted by Crippen LogP contribution is -2.38. The van der Waals surface area contributed by atoms with E-state index >= 15 is 0 Å². The van der Waals surface area contributed by atoms with Crippen molar-refractivity contribution < 1.29 is 9.59 Å². The molecule has 6 N–H and O–H groups in total. The summed E-state index contributed by atoms with van der Waals surface area (Å²) < 4.78 is 0. The molecule has 4 rings (SSSR count). The summed E-state index contributed by atoms with van der Waals surface area (Å²) in [5.41, 5.74) is 13.0. The number of hydrogen-bond donors (Lipinski definition) is 4. The van der Waals surface area contributed by atoms with Gasteiger partial charge in [-0.2, -0.15) is 4.98 Å². The summed E-state index contributed by atoms with van der Waals surface area (Å²) in [6, 6.07) is 8.29. The highest BCUT2D eigenvalue weighted by atomic mass is 16.1. The van der Waals surface area contributed by atoms with E-state index in [1.54, 1.807) is 0 Å². The Morgan fingerprint density at radius 3 is 2.31 bits per heavy atom. The van der Waals surface area contributed by atoms with Gasteiger partial charge in [0.05, 0.1) is 5.56 Å². The number of nitrogens with zero attached hydrogens (tertiary/aromatic N) is 3. The molecule has 0 unspecified atom stereocenters. The molecule has 0 spiro atoms. The van der Waals surface area contributed by atoms with Crippen LogP contribution in [0.3, 0.4) is 0 Å². The summed E-state index contributed by atoms with van der Waals surface area (Å²) in [5.74, 6) is 0.0806. The Morgan fingerprint density at radius 1 is 1.03 bits per heavy atom. The second-order valence-corrected chi connectivity index (χ2v) is 7.57. The third kappa shape index (κ3) is 4.56. The third-order valence-corrected chi connectivity index (χ3v) is 5.36. The van der Waals surface area contributed by atoms with Crippen LogP contribution in [0.2, 0.25) is 0 Å². The lowest BCUT2D eigenvalue weighted by atomic mass is 9.96. The predicted molar refractivity (Wildman–Crippen MR) is 111 cm³/mol. The molecule has 1 saturated carbocycles. The van der Waals surface area contributed by atoms with Gasteiger partial charge in [-0.3, -0.25) is 9.59 Å². The van der Waals surface area contributed by atoms with Crippen LogP contribution in [0.5, 0.6) is 0 Å². The summed E-state index contributed by atoms with van der Waals surface area (Å²) >= 11 is 0. The van der Waals surface area contributed by atoms with Gasteiger partial charge < -0.3 is 27.0 Å². The fourth-order valence-corrected chi connectivity index (χ4v) is 3.46. The summed E-state index contributed by atoms with van der Waals surface area (Å²) in [5, 5.41) is 6.39. The van der Waals surface area contributed by atoms with E-state index in [0.29, 0.717) is 17.8 Å². The standard InChI is InChI=1S/C20H25N7O2/c21-17(28)12-7-9-27(10-8-12)15-5-3-14(4-6-15)25-20-23-11-16(18(22)29)19(26-20)24-13-1-2-13/h3-6,11-13H,1-2,7-10H2,(H2,21,28)(H2,22,29)(H2,23,24,25,26). The number of rotatable bonds is 7. The maximum Gasteiger partial charge on any atom is 0.254 e. The molecular formula is C20H25N7O2. The van der Waals surface area contributed by atoms with Gasteiger partial charge in [0.1, 0.15) is 5.82 Å². The van der Waals surface area contributed by atoms with Crippen LogP contribution in [0, 0.1) is 5.92 Å². The predicted octanol–water partition coefficient (Wildman–Crippen LogP) is 1.60. The number of carbonyl (C=O) groups excluding carboxylic acids is 2. The Kier molecular flexibility index (Phi) is 5.20. The van der Waals surface area contributed by atoms with Crippen LogP contribution < -0.4 is 27.0 Å². The van der Waals surface area contributed by atoms with Crippen LogP contribution in [0.1, 0.15) is 36.0 Å². The van der Waals surface area contributed by atoms with E-state index in [-0.39, 0.29) is 17.4 Å². The molecule has 0 atom stereocenters. The van der Waals surface area contributed by atoms with Crippen LogP contribution >= 0.6 is 0 Å². The van der Waals surface area contributed by atoms with Crippen LogP contribution in [0.4, 0.5) is 23.1 Å². The maximum absolute atomic E-state index is 11.6. The van der Waals surface area contributed by atoms with E-state index in [0.717, 1.165) is 50.1 Å². The zero-order valence-electron chi connectivity index (χ0n) is 16.1. The van der Waals surface area contributed by atoms with Gasteiger partial charge in [-0.1, -0.05) is 0 Å². The highest BCUT2D eigenvalue weighted by Gasteiger charge is 2.25. The maximum atomic E-state index is 11.6. The molecule has 29 heavy (non-hydrogen) atoms. The smallest absolute Gasteiger partial charge is 0.254 e. The number of primary amides is 2. The second-order valence-electron chi connectivity index (χ2n) is 7.57. The zero-order chi connectivity index (χ0) is 20.4. The molecule has 2 fully saturated rings. The first-order valence-corrected chi connectivity index (χ1v) is 9.84. The topological polar surface area (TPSA) is 139 Å². The fraction of sp³-hybridized carbons (Fsp3) is 0.400. The lowest BCUT2D eigenvalue weighted by molar-refractivity contribution is -0.122. The van der Waals surface area contributed by atoms with Crippen molar-refractivity contribution >= 4 is 35.0 Å². The summed E-state index contributed by atoms with van der Waals surface area (Å²) in [6.45, 7) is 1.63. The third-order valence-electron chi connectivity index (χ3n) is 5.36. The Balaban J connectivity index is 1.42. The molecule has 0 radical (unpaired) electrons. The minimum atomic E-state index is -0.552. The Morgan fingerprint density at radius 2 is 1.72 bits per heavy atom. The summed E-state index contributed by atoms with van der Waals surface area (Å²) in [6.07, 6.45) is 5.13. The number of piperidine rings is 1. The lowest BCUT2D eigenvalue weighted by Gasteiger charge is -2.32. The summed E-state index contributed by atoms with van der Waals surface area (Å²) in [4.78, 5) is 33.8. The number of nitrogens with two attached hydrogens (primary N) is 2. The van der Waals surface area contributed by atoms with Gasteiger partial charge in [0.15, 0.2) is 0 Å². The van der Waals surface area contributed by atoms with Gasteiger partial charge in [0.25, 0.3) is 5.91 Å². The molecule has 2 heterocycles. The normalized spacial score (nSPS) is 17.0. The van der Waals surface area contributed by atoms with Gasteiger partial charge >= 0.3 is 0 Å². The highest BCUT2D eigenvalue weighted by Crippen LogP contribution is 2.27. The van der Waals surface area contributed by atoms with E-state index in [1.165, 1.54) is 6.20 Å². The van der Waals surface area contributed by atoms with Crippen molar-refractivity contribution in [3.63, 3.8) is 0 Å². The van der Waals surface area contributed by atoms with Crippen LogP contribution in [0.15, 0.2) is 30.5 Å². The molecule has 1 aliphatic heterocycles. The largest absolute Gasteiger partial charge is 0.371 e. The Hall–Kier alpha value is -3.36. The van der Waals surface area contributed by atoms with Crippen molar-refractivity contribution in [2.24, 2.45) is 17.4 Å². The zero-order valence-corrected chi connectivity index (χ0v) is 16.1. The summed E-state index contributed by atoms with van der Waals surface area (Å²) in [7, 11) is 0. The number of anilines is 4. The molecule has 9 heteroatoms. The molecule has 1 aromatic heterocycles. The average molecular weight is 395 g/mol. The minimum absolute atomic E-state index is 0.0221. The molecular weight excluding hydrogens is 370 g/mol. The van der Waals surface area contributed by atoms with Crippen LogP contribution in [-0.2, 0) is 4.79 Å². The molecule has 1 saturated heterocycles. The number of amides is 2. The number of hydrogen-bond acceptors (Lipinski definition) is 7. The molecule has 2 amide bonds. The van der Waals surface area contributed by atoms with E-state index in [4.69, 9.17) is 11.5 Å². The number of nitrogens with one attached hydrogen (secondary N) is 2. The van der Waals surface area contributed by atoms with Crippen molar-refractivity contribution in [1.29, 1.82) is 0 Å². The first-order valence-electron chi connectivity index (χ1n) is 9.84. The molecule has 2 aliphatic rings. The second kappa shape index (κ2) is 7.94. The van der Waals surface area contributed by atoms with Gasteiger partial charge in [-0.25, -0.2) is 4.98 Å². The van der Waals surface area contributed by atoms with Crippen LogP contribution in [0.25, 0.3) is 0 Å². The van der Waals surface area contributed by atoms with Gasteiger partial charge in [0.2, 0.25) is 11.9 Å². The van der Waals surface area contributed by atoms with Crippen molar-refractivity contribution in [2.75, 3.05) is 28.6 Å². The molecule has 1 aliphatic carbocycles. The van der Waals surface area contributed by atoms with Crippen molar-refractivity contribution in [1.82, 2.24) is 9.97 Å². The number of carbonyl (C=O) groups is 2. The highest BCUT2D eigenvalue weighted by molar-refractivity contribution is 5.97. The number of aromatic nitrogens is 2. The van der Waals surface area contributed by atoms with Crippen molar-refractivity contribution in [3.05, 3.63) is 36.0 Å². The molecule has 152 valence electrons. The molecule has 0 bridgehead atoms. The first kappa shape index (κ1) is 19.0. The van der Waals surface area contributed by atoms with E-state index < -0.39 is 5.91 Å². The quantitative estimate of drug-likeness (QED) is 0.558. The van der Waals surface area contributed by atoms with Gasteiger partial charge in [-0.15, -0.1) is 0 Å². The van der Waals surface area contributed by atoms with Gasteiger partial charge in [-0.05, 0) is 49.9 Å². The fourth-order valence-electron chi connectivity index (χ4n) is 3.46. The van der Waals surface area contributed by atoms with E-state index in [1.807, 2.05) is 24.3 Å². The van der Waals surface area contributed by atoms with Gasteiger partial charge in [0, 0.05) is 42.6 Å². The van der Waals surface area contributed by atoms with Crippen LogP contribution in [-0.4, -0.2) is 40.9 Å². The molecule has 2 aromatic rings. The average Bonchev–Trinajstić information content (AvgIpc) is 3.53. The monoisotopic (exact) mass is 395 g/mol. The molecule has 1 aromatic carbocycles.